The van der Waals surface area contributed by atoms with E-state index in [0.717, 1.165) is 22.5 Å². The van der Waals surface area contributed by atoms with Crippen molar-refractivity contribution in [2.24, 2.45) is 0 Å². The molecule has 3 aliphatic rings. The summed E-state index contributed by atoms with van der Waals surface area (Å²) in [6, 6.07) is 24.0. The first-order valence-electron chi connectivity index (χ1n) is 28.8. The number of carbonyl (C=O) groups excluding carboxylic acids is 1. The zero-order valence-electron chi connectivity index (χ0n) is 50.4. The summed E-state index contributed by atoms with van der Waals surface area (Å²) < 4.78 is 180. The van der Waals surface area contributed by atoms with Crippen molar-refractivity contribution in [3.05, 3.63) is 144 Å². The van der Waals surface area contributed by atoms with E-state index in [4.69, 9.17) is 14.3 Å². The number of hydrogen-bond acceptors (Lipinski definition) is 16. The second kappa shape index (κ2) is 26.4. The predicted octanol–water partition coefficient (Wildman–Crippen LogP) is 8.48. The lowest BCUT2D eigenvalue weighted by molar-refractivity contribution is -0.438. The van der Waals surface area contributed by atoms with Gasteiger partial charge in [-0.3, -0.25) is 32.7 Å². The molecule has 5 N–H and O–H groups in total. The first-order chi connectivity index (χ1) is 42.3. The SMILES string of the molecule is CCN1/C(=C/C=C/C=C/C2=[N+](CCCCCC(=O)N3CCN(CCOCCONS(=O)(=O)c4ccc(-c5ccc(OC)cc5)cc4)CC3)c3ccc4c(S(=O)(=O)O)cc(S(=O)(=O)O)cc4c3C2(C)C)C(C)(C)c2c1ccc1c(S(=O)(=O)O)cc(S(=O)(=O)O)cc21. The van der Waals surface area contributed by atoms with E-state index < -0.39 is 80.9 Å². The van der Waals surface area contributed by atoms with Crippen molar-refractivity contribution in [3.63, 3.8) is 0 Å². The largest absolute Gasteiger partial charge is 0.497 e. The Bertz CT molecular complexity index is 4500. The molecular weight excluding hydrogens is 1260 g/mol. The molecule has 28 heteroatoms. The molecule has 482 valence electrons. The number of unbranched alkanes of at least 4 members (excludes halogenated alkanes) is 2. The van der Waals surface area contributed by atoms with Crippen LogP contribution in [0.1, 0.15) is 71.4 Å². The van der Waals surface area contributed by atoms with Crippen LogP contribution in [0.4, 0.5) is 11.4 Å². The first-order valence-corrected chi connectivity index (χ1v) is 36.1. The molecule has 1 saturated heterocycles. The molecule has 9 rings (SSSR count). The van der Waals surface area contributed by atoms with Crippen molar-refractivity contribution in [1.82, 2.24) is 14.7 Å². The number of sulfonamides is 1. The van der Waals surface area contributed by atoms with Crippen molar-refractivity contribution in [2.45, 2.75) is 95.6 Å². The summed E-state index contributed by atoms with van der Waals surface area (Å²) in [5.74, 6) is 0.740. The number of rotatable bonds is 25. The number of fused-ring (bicyclic) bond motifs is 6. The number of piperazine rings is 1. The molecule has 1 amide bonds. The maximum atomic E-state index is 13.5. The van der Waals surface area contributed by atoms with Crippen LogP contribution < -0.4 is 14.5 Å². The van der Waals surface area contributed by atoms with E-state index in [0.29, 0.717) is 118 Å². The second-order valence-electron chi connectivity index (χ2n) is 23.0. The fourth-order valence-electron chi connectivity index (χ4n) is 12.2. The molecule has 6 aromatic carbocycles. The number of benzene rings is 6. The minimum Gasteiger partial charge on any atom is -0.497 e. The lowest BCUT2D eigenvalue weighted by Gasteiger charge is -2.34. The highest BCUT2D eigenvalue weighted by Gasteiger charge is 2.46. The van der Waals surface area contributed by atoms with Crippen molar-refractivity contribution in [2.75, 3.05) is 77.6 Å². The van der Waals surface area contributed by atoms with E-state index in [-0.39, 0.29) is 45.6 Å². The maximum Gasteiger partial charge on any atom is 0.295 e. The van der Waals surface area contributed by atoms with Gasteiger partial charge in [0.1, 0.15) is 22.1 Å². The van der Waals surface area contributed by atoms with E-state index in [1.54, 1.807) is 49.6 Å². The van der Waals surface area contributed by atoms with Crippen LogP contribution in [0.2, 0.25) is 0 Å². The van der Waals surface area contributed by atoms with Gasteiger partial charge >= 0.3 is 0 Å². The number of nitrogens with one attached hydrogen (secondary N) is 1. The van der Waals surface area contributed by atoms with Gasteiger partial charge in [0.25, 0.3) is 50.5 Å². The van der Waals surface area contributed by atoms with E-state index >= 15 is 0 Å². The number of amides is 1. The van der Waals surface area contributed by atoms with Crippen LogP contribution in [-0.4, -0.2) is 159 Å². The topological polar surface area (TPSA) is 321 Å². The highest BCUT2D eigenvalue weighted by molar-refractivity contribution is 7.89. The molecule has 1 fully saturated rings. The van der Waals surface area contributed by atoms with Crippen LogP contribution in [0.3, 0.4) is 0 Å². The van der Waals surface area contributed by atoms with Crippen molar-refractivity contribution >= 4 is 95.0 Å². The number of methoxy groups -OCH3 is 1. The minimum atomic E-state index is -5.00. The third-order valence-electron chi connectivity index (χ3n) is 16.6. The Morgan fingerprint density at radius 1 is 0.611 bits per heavy atom. The minimum absolute atomic E-state index is 0.0127. The number of carbonyl (C=O) groups is 1. The number of nitrogens with zero attached hydrogens (tertiary/aromatic N) is 4. The summed E-state index contributed by atoms with van der Waals surface area (Å²) in [5, 5.41) is 0.470. The van der Waals surface area contributed by atoms with Crippen molar-refractivity contribution in [3.8, 4) is 16.9 Å². The number of anilines is 1. The Balaban J connectivity index is 0.833. The molecule has 0 aromatic heterocycles. The van der Waals surface area contributed by atoms with Gasteiger partial charge in [0.15, 0.2) is 5.71 Å². The average molecular weight is 1340 g/mol. The molecule has 0 atom stereocenters. The van der Waals surface area contributed by atoms with E-state index in [1.807, 2.05) is 85.4 Å². The summed E-state index contributed by atoms with van der Waals surface area (Å²) in [6.45, 7) is 13.8. The van der Waals surface area contributed by atoms with Crippen LogP contribution in [0.25, 0.3) is 32.7 Å². The van der Waals surface area contributed by atoms with Gasteiger partial charge in [-0.15, -0.1) is 0 Å². The van der Waals surface area contributed by atoms with Crippen LogP contribution in [0, 0.1) is 0 Å². The normalized spacial score (nSPS) is 17.0. The zero-order valence-corrected chi connectivity index (χ0v) is 54.4. The molecule has 23 nitrogen and oxygen atoms in total. The summed E-state index contributed by atoms with van der Waals surface area (Å²) >= 11 is 0. The van der Waals surface area contributed by atoms with Gasteiger partial charge in [-0.2, -0.15) is 38.2 Å². The molecule has 0 aliphatic carbocycles. The van der Waals surface area contributed by atoms with Crippen LogP contribution >= 0.6 is 0 Å². The molecule has 0 spiro atoms. The monoisotopic (exact) mass is 1330 g/mol. The van der Waals surface area contributed by atoms with Crippen LogP contribution in [-0.2, 0) is 75.7 Å². The lowest BCUT2D eigenvalue weighted by atomic mass is 9.79. The Morgan fingerprint density at radius 3 is 1.76 bits per heavy atom. The van der Waals surface area contributed by atoms with Gasteiger partial charge in [-0.25, -0.2) is 8.42 Å². The second-order valence-corrected chi connectivity index (χ2v) is 30.3. The molecule has 0 saturated carbocycles. The fraction of sp³-hybridized carbons (Fsp3) is 0.355. The number of hydrogen-bond donors (Lipinski definition) is 5. The van der Waals surface area contributed by atoms with E-state index in [9.17, 15) is 65.1 Å². The van der Waals surface area contributed by atoms with E-state index in [2.05, 4.69) is 9.79 Å². The summed E-state index contributed by atoms with van der Waals surface area (Å²) in [4.78, 5) is 24.1. The Labute approximate surface area is 524 Å². The Kier molecular flexibility index (Phi) is 19.9. The third kappa shape index (κ3) is 14.4. The molecule has 0 unspecified atom stereocenters. The molecule has 3 aliphatic heterocycles. The maximum absolute atomic E-state index is 13.5. The smallest absolute Gasteiger partial charge is 0.295 e. The van der Waals surface area contributed by atoms with Gasteiger partial charge in [-0.1, -0.05) is 67.3 Å². The molecule has 6 aromatic rings. The number of ether oxygens (including phenoxy) is 2. The molecular formula is C62H72N5O18S5+. The summed E-state index contributed by atoms with van der Waals surface area (Å²) in [5.41, 5.74) is 3.75. The highest BCUT2D eigenvalue weighted by atomic mass is 32.2. The lowest BCUT2D eigenvalue weighted by Crippen LogP contribution is -2.49. The fourth-order valence-corrected chi connectivity index (χ4v) is 15.7. The van der Waals surface area contributed by atoms with Gasteiger partial charge in [-0.05, 0) is 128 Å². The first kappa shape index (κ1) is 67.6. The van der Waals surface area contributed by atoms with Gasteiger partial charge in [0, 0.05) is 97.4 Å². The van der Waals surface area contributed by atoms with E-state index in [1.165, 1.54) is 36.4 Å². The van der Waals surface area contributed by atoms with Gasteiger partial charge < -0.3 is 19.3 Å². The molecule has 90 heavy (non-hydrogen) atoms. The molecule has 0 bridgehead atoms. The van der Waals surface area contributed by atoms with Crippen molar-refractivity contribution < 1.29 is 84.0 Å². The summed E-state index contributed by atoms with van der Waals surface area (Å²) in [7, 11) is -22.2. The Hall–Kier alpha value is -6.77. The zero-order chi connectivity index (χ0) is 65.4. The number of allylic oxidation sites excluding steroid dienone is 6. The van der Waals surface area contributed by atoms with Gasteiger partial charge in [0.2, 0.25) is 11.6 Å². The number of likely N-dealkylation sites (N-methyl/N-ethyl adjacent to an activating group) is 1. The quantitative estimate of drug-likeness (QED) is 0.0118. The van der Waals surface area contributed by atoms with Crippen LogP contribution in [0.15, 0.2) is 158 Å². The summed E-state index contributed by atoms with van der Waals surface area (Å²) in [6.07, 6.45) is 11.2. The molecule has 3 heterocycles. The van der Waals surface area contributed by atoms with Gasteiger partial charge in [0.05, 0.1) is 47.0 Å². The standard InChI is InChI=1S/C62H71N5O18S5/c1-7-66-52-27-25-48-50(38-46(87(71,72)73)40-54(48)89(77,78)79)59(52)61(2,3)56(66)14-10-8-11-15-57-62(4,5)60-51-39-47(88(74,75)76)41-55(90(80,81)82)49(51)26-28-53(60)67(57)29-13-9-12-16-58(68)65-32-30-64(31-33-65)34-35-84-36-37-85-63-86(69,70)45-23-19-43(20-24-45)42-17-21-44(83-6)22-18-42/h8,10-11,14-15,17-28,38-41,63H,7,9,12-13,16,29-37H2,1-6H3,(H3-,71,72,73,74,75,76,77,78,79,80,81,82)/p+1. The third-order valence-corrected chi connectivity index (χ3v) is 21.3. The van der Waals surface area contributed by atoms with Crippen molar-refractivity contribution in [1.29, 1.82) is 0 Å². The average Bonchev–Trinajstić information content (AvgIpc) is 1.52. The van der Waals surface area contributed by atoms with Crippen LogP contribution in [0.5, 0.6) is 5.75 Å². The molecule has 0 radical (unpaired) electrons. The Morgan fingerprint density at radius 2 is 1.19 bits per heavy atom. The highest BCUT2D eigenvalue weighted by Crippen LogP contribution is 2.52. The predicted molar refractivity (Wildman–Crippen MR) is 339 cm³/mol.